The highest BCUT2D eigenvalue weighted by atomic mass is 32.2. The van der Waals surface area contributed by atoms with E-state index in [1.807, 2.05) is 17.5 Å². The Morgan fingerprint density at radius 3 is 2.71 bits per heavy atom. The molecule has 3 N–H and O–H groups in total. The maximum atomic E-state index is 12.1. The summed E-state index contributed by atoms with van der Waals surface area (Å²) < 4.78 is 23.6. The van der Waals surface area contributed by atoms with Gasteiger partial charge < -0.3 is 5.32 Å². The number of anilines is 1. The molecule has 1 heterocycles. The van der Waals surface area contributed by atoms with Gasteiger partial charge in [0.05, 0.1) is 14.4 Å². The van der Waals surface area contributed by atoms with E-state index in [0.29, 0.717) is 5.69 Å². The summed E-state index contributed by atoms with van der Waals surface area (Å²) in [5.41, 5.74) is 0.408. The lowest BCUT2D eigenvalue weighted by Crippen LogP contribution is -2.22. The third kappa shape index (κ3) is 4.57. The lowest BCUT2D eigenvalue weighted by Gasteiger charge is -2.11. The topological polar surface area (TPSA) is 89.3 Å². The molecule has 0 radical (unpaired) electrons. The molecule has 0 bridgehead atoms. The smallest absolute Gasteiger partial charge is 0.238 e. The molecule has 0 spiro atoms. The van der Waals surface area contributed by atoms with Crippen LogP contribution in [0.2, 0.25) is 0 Å². The number of rotatable bonds is 5. The van der Waals surface area contributed by atoms with E-state index in [0.717, 1.165) is 4.21 Å². The molecule has 0 saturated carbocycles. The van der Waals surface area contributed by atoms with Crippen molar-refractivity contribution in [3.63, 3.8) is 0 Å². The second-order valence-electron chi connectivity index (χ2n) is 4.25. The molecule has 1 unspecified atom stereocenters. The van der Waals surface area contributed by atoms with Crippen molar-refractivity contribution in [2.45, 2.75) is 21.3 Å². The van der Waals surface area contributed by atoms with Gasteiger partial charge in [-0.3, -0.25) is 4.79 Å². The Bertz CT molecular complexity index is 727. The number of carbonyl (C=O) groups is 1. The number of nitrogens with two attached hydrogens (primary N) is 1. The number of hydrogen-bond donors (Lipinski definition) is 2. The van der Waals surface area contributed by atoms with Crippen LogP contribution in [0.15, 0.2) is 50.9 Å². The van der Waals surface area contributed by atoms with Gasteiger partial charge >= 0.3 is 0 Å². The van der Waals surface area contributed by atoms with E-state index in [2.05, 4.69) is 5.32 Å². The lowest BCUT2D eigenvalue weighted by molar-refractivity contribution is -0.115. The second kappa shape index (κ2) is 6.61. The quantitative estimate of drug-likeness (QED) is 0.817. The van der Waals surface area contributed by atoms with Crippen molar-refractivity contribution in [1.82, 2.24) is 0 Å². The highest BCUT2D eigenvalue weighted by Crippen LogP contribution is 2.28. The van der Waals surface area contributed by atoms with Gasteiger partial charge in [0.15, 0.2) is 0 Å². The number of thiophene rings is 1. The van der Waals surface area contributed by atoms with Crippen molar-refractivity contribution in [3.05, 3.63) is 41.8 Å². The van der Waals surface area contributed by atoms with Crippen LogP contribution in [-0.4, -0.2) is 19.6 Å². The Morgan fingerprint density at radius 2 is 2.10 bits per heavy atom. The fraction of sp³-hybridized carbons (Fsp3) is 0.154. The zero-order valence-electron chi connectivity index (χ0n) is 11.1. The van der Waals surface area contributed by atoms with Gasteiger partial charge in [-0.25, -0.2) is 13.6 Å². The molecule has 1 aromatic carbocycles. The molecule has 1 atom stereocenters. The average molecular weight is 342 g/mol. The first-order chi connectivity index (χ1) is 9.86. The van der Waals surface area contributed by atoms with E-state index in [1.165, 1.54) is 30.0 Å². The fourth-order valence-corrected chi connectivity index (χ4v) is 4.05. The Hall–Kier alpha value is -1.35. The first-order valence-electron chi connectivity index (χ1n) is 6.00. The molecule has 1 amide bonds. The number of carbonyl (C=O) groups excluding carboxylic acids is 1. The van der Waals surface area contributed by atoms with Crippen LogP contribution in [-0.2, 0) is 14.8 Å². The average Bonchev–Trinajstić information content (AvgIpc) is 2.91. The molecular formula is C13H14N2O3S3. The molecule has 0 aliphatic heterocycles. The molecule has 0 fully saturated rings. The van der Waals surface area contributed by atoms with Crippen LogP contribution >= 0.6 is 23.1 Å². The monoisotopic (exact) mass is 342 g/mol. The third-order valence-electron chi connectivity index (χ3n) is 2.59. The van der Waals surface area contributed by atoms with Crippen molar-refractivity contribution >= 4 is 44.7 Å². The molecule has 21 heavy (non-hydrogen) atoms. The molecule has 0 aliphatic carbocycles. The van der Waals surface area contributed by atoms with Gasteiger partial charge in [-0.05, 0) is 36.6 Å². The number of primary sulfonamides is 1. The Morgan fingerprint density at radius 1 is 1.33 bits per heavy atom. The fourth-order valence-electron chi connectivity index (χ4n) is 1.55. The van der Waals surface area contributed by atoms with Gasteiger partial charge in [0.25, 0.3) is 0 Å². The maximum Gasteiger partial charge on any atom is 0.238 e. The molecule has 8 heteroatoms. The molecule has 0 aliphatic rings. The maximum absolute atomic E-state index is 12.1. The van der Waals surface area contributed by atoms with Gasteiger partial charge in [0.2, 0.25) is 15.9 Å². The summed E-state index contributed by atoms with van der Waals surface area (Å²) in [5.74, 6) is -0.194. The van der Waals surface area contributed by atoms with Crippen molar-refractivity contribution in [2.24, 2.45) is 5.14 Å². The minimum absolute atomic E-state index is 0.0288. The van der Waals surface area contributed by atoms with Gasteiger partial charge in [-0.1, -0.05) is 12.1 Å². The largest absolute Gasteiger partial charge is 0.325 e. The molecule has 112 valence electrons. The van der Waals surface area contributed by atoms with E-state index >= 15 is 0 Å². The van der Waals surface area contributed by atoms with Crippen molar-refractivity contribution < 1.29 is 13.2 Å². The van der Waals surface area contributed by atoms with Crippen LogP contribution in [0, 0.1) is 0 Å². The number of amides is 1. The van der Waals surface area contributed by atoms with E-state index in [9.17, 15) is 13.2 Å². The molecule has 2 aromatic rings. The molecule has 0 saturated heterocycles. The van der Waals surface area contributed by atoms with Crippen molar-refractivity contribution in [3.8, 4) is 0 Å². The van der Waals surface area contributed by atoms with Gasteiger partial charge in [-0.15, -0.1) is 23.1 Å². The Balaban J connectivity index is 2.05. The highest BCUT2D eigenvalue weighted by Gasteiger charge is 2.16. The number of benzene rings is 1. The van der Waals surface area contributed by atoms with Crippen LogP contribution in [0.1, 0.15) is 6.92 Å². The van der Waals surface area contributed by atoms with Crippen LogP contribution in [0.5, 0.6) is 0 Å². The van der Waals surface area contributed by atoms with Crippen LogP contribution in [0.3, 0.4) is 0 Å². The number of hydrogen-bond acceptors (Lipinski definition) is 5. The summed E-state index contributed by atoms with van der Waals surface area (Å²) in [4.78, 5) is 12.1. The molecular weight excluding hydrogens is 328 g/mol. The van der Waals surface area contributed by atoms with Crippen LogP contribution < -0.4 is 10.5 Å². The standard InChI is InChI=1S/C13H14N2O3S3/c1-9(20-12-6-3-7-19-12)13(16)15-10-4-2-5-11(8-10)21(14,17)18/h2-9H,1H3,(H,15,16)(H2,14,17,18). The Labute approximate surface area is 131 Å². The van der Waals surface area contributed by atoms with Gasteiger partial charge in [0, 0.05) is 5.69 Å². The summed E-state index contributed by atoms with van der Waals surface area (Å²) in [7, 11) is -3.78. The lowest BCUT2D eigenvalue weighted by atomic mass is 10.3. The second-order valence-corrected chi connectivity index (χ2v) is 8.40. The number of sulfonamides is 1. The first kappa shape index (κ1) is 16.0. The normalized spacial score (nSPS) is 12.9. The SMILES string of the molecule is CC(Sc1cccs1)C(=O)Nc1cccc(S(N)(=O)=O)c1. The minimum Gasteiger partial charge on any atom is -0.325 e. The summed E-state index contributed by atoms with van der Waals surface area (Å²) in [6, 6.07) is 9.75. The summed E-state index contributed by atoms with van der Waals surface area (Å²) >= 11 is 3.02. The van der Waals surface area contributed by atoms with Crippen LogP contribution in [0.4, 0.5) is 5.69 Å². The van der Waals surface area contributed by atoms with Gasteiger partial charge in [-0.2, -0.15) is 0 Å². The zero-order chi connectivity index (χ0) is 15.5. The predicted octanol–water partition coefficient (Wildman–Crippen LogP) is 2.51. The van der Waals surface area contributed by atoms with Gasteiger partial charge in [0.1, 0.15) is 0 Å². The summed E-state index contributed by atoms with van der Waals surface area (Å²) in [5, 5.41) is 9.41. The number of nitrogens with one attached hydrogen (secondary N) is 1. The third-order valence-corrected chi connectivity index (χ3v) is 5.67. The number of thioether (sulfide) groups is 1. The van der Waals surface area contributed by atoms with E-state index < -0.39 is 10.0 Å². The highest BCUT2D eigenvalue weighted by molar-refractivity contribution is 8.02. The van der Waals surface area contributed by atoms with Crippen molar-refractivity contribution in [1.29, 1.82) is 0 Å². The zero-order valence-corrected chi connectivity index (χ0v) is 13.6. The predicted molar refractivity (Wildman–Crippen MR) is 86.1 cm³/mol. The summed E-state index contributed by atoms with van der Waals surface area (Å²) in [6.07, 6.45) is 0. The van der Waals surface area contributed by atoms with E-state index in [1.54, 1.807) is 24.3 Å². The van der Waals surface area contributed by atoms with E-state index in [4.69, 9.17) is 5.14 Å². The van der Waals surface area contributed by atoms with Crippen molar-refractivity contribution in [2.75, 3.05) is 5.32 Å². The first-order valence-corrected chi connectivity index (χ1v) is 9.31. The molecule has 2 rings (SSSR count). The molecule has 1 aromatic heterocycles. The van der Waals surface area contributed by atoms with Crippen LogP contribution in [0.25, 0.3) is 0 Å². The Kier molecular flexibility index (Phi) is 5.04. The molecule has 5 nitrogen and oxygen atoms in total. The van der Waals surface area contributed by atoms with E-state index in [-0.39, 0.29) is 16.1 Å². The minimum atomic E-state index is -3.78. The summed E-state index contributed by atoms with van der Waals surface area (Å²) in [6.45, 7) is 1.79.